The number of rotatable bonds is 3. The van der Waals surface area contributed by atoms with Crippen LogP contribution < -0.4 is 16.4 Å². The second-order valence-electron chi connectivity index (χ2n) is 5.21. The van der Waals surface area contributed by atoms with E-state index in [2.05, 4.69) is 10.6 Å². The Hall–Kier alpha value is -2.82. The molecule has 0 radical (unpaired) electrons. The van der Waals surface area contributed by atoms with Gasteiger partial charge in [-0.1, -0.05) is 35.9 Å². The largest absolute Gasteiger partial charge is 0.397 e. The first kappa shape index (κ1) is 15.6. The van der Waals surface area contributed by atoms with Gasteiger partial charge in [0.15, 0.2) is 0 Å². The number of hydrogen-bond donors (Lipinski definition) is 3. The van der Waals surface area contributed by atoms with Crippen molar-refractivity contribution in [2.45, 2.75) is 20.4 Å². The van der Waals surface area contributed by atoms with Crippen molar-refractivity contribution in [3.05, 3.63) is 59.2 Å². The number of anilines is 2. The van der Waals surface area contributed by atoms with Gasteiger partial charge in [0, 0.05) is 6.54 Å². The number of benzene rings is 2. The van der Waals surface area contributed by atoms with Crippen LogP contribution in [0.3, 0.4) is 0 Å². The third kappa shape index (κ3) is 4.09. The average Bonchev–Trinajstić information content (AvgIpc) is 2.50. The highest BCUT2D eigenvalue weighted by molar-refractivity contribution is 6.39. The van der Waals surface area contributed by atoms with E-state index in [1.807, 2.05) is 44.2 Å². The van der Waals surface area contributed by atoms with Crippen LogP contribution in [-0.2, 0) is 16.1 Å². The van der Waals surface area contributed by atoms with Gasteiger partial charge < -0.3 is 16.4 Å². The van der Waals surface area contributed by atoms with Crippen molar-refractivity contribution in [1.29, 1.82) is 0 Å². The maximum atomic E-state index is 11.9. The normalized spacial score (nSPS) is 10.1. The molecule has 2 aromatic carbocycles. The van der Waals surface area contributed by atoms with Gasteiger partial charge in [-0.25, -0.2) is 0 Å². The second-order valence-corrected chi connectivity index (χ2v) is 5.21. The maximum Gasteiger partial charge on any atom is 0.313 e. The number of amides is 2. The molecule has 0 saturated carbocycles. The van der Waals surface area contributed by atoms with E-state index in [0.717, 1.165) is 16.7 Å². The van der Waals surface area contributed by atoms with Crippen molar-refractivity contribution in [2.24, 2.45) is 0 Å². The summed E-state index contributed by atoms with van der Waals surface area (Å²) < 4.78 is 0. The number of nitrogens with two attached hydrogens (primary N) is 1. The summed E-state index contributed by atoms with van der Waals surface area (Å²) in [5.41, 5.74) is 9.65. The zero-order chi connectivity index (χ0) is 16.1. The molecule has 0 aliphatic heterocycles. The van der Waals surface area contributed by atoms with Gasteiger partial charge in [-0.3, -0.25) is 9.59 Å². The van der Waals surface area contributed by atoms with Crippen LogP contribution in [0.2, 0.25) is 0 Å². The van der Waals surface area contributed by atoms with E-state index >= 15 is 0 Å². The lowest BCUT2D eigenvalue weighted by Gasteiger charge is -2.09. The standard InChI is InChI=1S/C17H19N3O2/c1-11-3-6-13(7-4-11)10-19-16(21)17(22)20-15-9-12(2)5-8-14(15)18/h3-9H,10,18H2,1-2H3,(H,19,21)(H,20,22). The van der Waals surface area contributed by atoms with Crippen LogP contribution in [-0.4, -0.2) is 11.8 Å². The van der Waals surface area contributed by atoms with Crippen molar-refractivity contribution in [3.63, 3.8) is 0 Å². The highest BCUT2D eigenvalue weighted by Gasteiger charge is 2.14. The number of hydrogen-bond acceptors (Lipinski definition) is 3. The molecule has 5 nitrogen and oxygen atoms in total. The third-order valence-corrected chi connectivity index (χ3v) is 3.24. The van der Waals surface area contributed by atoms with Crippen LogP contribution in [0.1, 0.15) is 16.7 Å². The van der Waals surface area contributed by atoms with Gasteiger partial charge >= 0.3 is 11.8 Å². The molecule has 22 heavy (non-hydrogen) atoms. The van der Waals surface area contributed by atoms with Gasteiger partial charge in [0.25, 0.3) is 0 Å². The molecular formula is C17H19N3O2. The molecule has 4 N–H and O–H groups in total. The molecule has 0 bridgehead atoms. The van der Waals surface area contributed by atoms with Gasteiger partial charge in [-0.05, 0) is 37.1 Å². The predicted molar refractivity (Wildman–Crippen MR) is 87.2 cm³/mol. The Morgan fingerprint density at radius 2 is 1.59 bits per heavy atom. The molecular weight excluding hydrogens is 278 g/mol. The molecule has 0 spiro atoms. The Morgan fingerprint density at radius 3 is 2.27 bits per heavy atom. The fourth-order valence-electron chi connectivity index (χ4n) is 1.93. The van der Waals surface area contributed by atoms with Crippen LogP contribution in [0.15, 0.2) is 42.5 Å². The van der Waals surface area contributed by atoms with E-state index in [1.165, 1.54) is 0 Å². The summed E-state index contributed by atoms with van der Waals surface area (Å²) in [5, 5.41) is 5.10. The molecule has 2 aromatic rings. The molecule has 0 saturated heterocycles. The van der Waals surface area contributed by atoms with E-state index in [-0.39, 0.29) is 0 Å². The minimum absolute atomic E-state index is 0.301. The summed E-state index contributed by atoms with van der Waals surface area (Å²) in [4.78, 5) is 23.7. The van der Waals surface area contributed by atoms with Crippen LogP contribution >= 0.6 is 0 Å². The van der Waals surface area contributed by atoms with Crippen molar-refractivity contribution in [1.82, 2.24) is 5.32 Å². The zero-order valence-electron chi connectivity index (χ0n) is 12.6. The molecule has 0 fully saturated rings. The summed E-state index contributed by atoms with van der Waals surface area (Å²) >= 11 is 0. The van der Waals surface area contributed by atoms with Crippen molar-refractivity contribution < 1.29 is 9.59 Å². The molecule has 5 heteroatoms. The lowest BCUT2D eigenvalue weighted by atomic mass is 10.1. The van der Waals surface area contributed by atoms with Crippen molar-refractivity contribution >= 4 is 23.2 Å². The first-order chi connectivity index (χ1) is 10.5. The Morgan fingerprint density at radius 1 is 0.955 bits per heavy atom. The van der Waals surface area contributed by atoms with Crippen LogP contribution in [0.5, 0.6) is 0 Å². The van der Waals surface area contributed by atoms with E-state index in [4.69, 9.17) is 5.73 Å². The van der Waals surface area contributed by atoms with Gasteiger partial charge in [0.1, 0.15) is 0 Å². The lowest BCUT2D eigenvalue weighted by Crippen LogP contribution is -2.35. The molecule has 0 unspecified atom stereocenters. The van der Waals surface area contributed by atoms with E-state index in [1.54, 1.807) is 12.1 Å². The summed E-state index contributed by atoms with van der Waals surface area (Å²) in [6, 6.07) is 13.0. The monoisotopic (exact) mass is 297 g/mol. The fourth-order valence-corrected chi connectivity index (χ4v) is 1.93. The Labute approximate surface area is 129 Å². The first-order valence-electron chi connectivity index (χ1n) is 6.96. The minimum Gasteiger partial charge on any atom is -0.397 e. The zero-order valence-corrected chi connectivity index (χ0v) is 12.6. The molecule has 2 amide bonds. The first-order valence-corrected chi connectivity index (χ1v) is 6.96. The van der Waals surface area contributed by atoms with Crippen LogP contribution in [0.25, 0.3) is 0 Å². The van der Waals surface area contributed by atoms with Gasteiger partial charge in [0.2, 0.25) is 0 Å². The van der Waals surface area contributed by atoms with E-state index in [0.29, 0.717) is 17.9 Å². The van der Waals surface area contributed by atoms with Crippen LogP contribution in [0, 0.1) is 13.8 Å². The average molecular weight is 297 g/mol. The quantitative estimate of drug-likeness (QED) is 0.599. The van der Waals surface area contributed by atoms with Gasteiger partial charge in [-0.15, -0.1) is 0 Å². The number of aryl methyl sites for hydroxylation is 2. The predicted octanol–water partition coefficient (Wildman–Crippen LogP) is 2.14. The highest BCUT2D eigenvalue weighted by atomic mass is 16.2. The van der Waals surface area contributed by atoms with Crippen molar-refractivity contribution in [2.75, 3.05) is 11.1 Å². The van der Waals surface area contributed by atoms with Crippen LogP contribution in [0.4, 0.5) is 11.4 Å². The second kappa shape index (κ2) is 6.76. The summed E-state index contributed by atoms with van der Waals surface area (Å²) in [7, 11) is 0. The summed E-state index contributed by atoms with van der Waals surface area (Å²) in [6.07, 6.45) is 0. The Kier molecular flexibility index (Phi) is 4.78. The van der Waals surface area contributed by atoms with E-state index < -0.39 is 11.8 Å². The molecule has 0 heterocycles. The summed E-state index contributed by atoms with van der Waals surface area (Å²) in [6.45, 7) is 4.17. The Bertz CT molecular complexity index is 694. The molecule has 0 aliphatic rings. The number of carbonyl (C=O) groups excluding carboxylic acids is 2. The third-order valence-electron chi connectivity index (χ3n) is 3.24. The van der Waals surface area contributed by atoms with Crippen molar-refractivity contribution in [3.8, 4) is 0 Å². The Balaban J connectivity index is 1.93. The smallest absolute Gasteiger partial charge is 0.313 e. The number of nitrogen functional groups attached to an aromatic ring is 1. The molecule has 0 aromatic heterocycles. The molecule has 114 valence electrons. The maximum absolute atomic E-state index is 11.9. The number of carbonyl (C=O) groups is 2. The number of nitrogens with one attached hydrogen (secondary N) is 2. The topological polar surface area (TPSA) is 84.2 Å². The minimum atomic E-state index is -0.732. The summed E-state index contributed by atoms with van der Waals surface area (Å²) in [5.74, 6) is -1.43. The SMILES string of the molecule is Cc1ccc(CNC(=O)C(=O)Nc2cc(C)ccc2N)cc1. The fraction of sp³-hybridized carbons (Fsp3) is 0.176. The van der Waals surface area contributed by atoms with Gasteiger partial charge in [-0.2, -0.15) is 0 Å². The molecule has 0 atom stereocenters. The molecule has 0 aliphatic carbocycles. The molecule has 2 rings (SSSR count). The van der Waals surface area contributed by atoms with E-state index in [9.17, 15) is 9.59 Å². The lowest BCUT2D eigenvalue weighted by molar-refractivity contribution is -0.136. The van der Waals surface area contributed by atoms with Gasteiger partial charge in [0.05, 0.1) is 11.4 Å². The highest BCUT2D eigenvalue weighted by Crippen LogP contribution is 2.19.